The molecule has 1 aromatic heterocycles. The van der Waals surface area contributed by atoms with Gasteiger partial charge in [-0.3, -0.25) is 9.59 Å². The summed E-state index contributed by atoms with van der Waals surface area (Å²) in [6, 6.07) is 7.66. The first kappa shape index (κ1) is 14.6. The van der Waals surface area contributed by atoms with Crippen molar-refractivity contribution >= 4 is 17.5 Å². The molecule has 1 aromatic carbocycles. The van der Waals surface area contributed by atoms with Crippen LogP contribution in [0, 0.1) is 12.7 Å². The van der Waals surface area contributed by atoms with E-state index in [1.165, 1.54) is 16.8 Å². The molecular formula is C15H15FN3O2+. The summed E-state index contributed by atoms with van der Waals surface area (Å²) in [6.07, 6.45) is 3.12. The molecule has 5 nitrogen and oxygen atoms in total. The molecule has 21 heavy (non-hydrogen) atoms. The summed E-state index contributed by atoms with van der Waals surface area (Å²) < 4.78 is 14.9. The van der Waals surface area contributed by atoms with Crippen molar-refractivity contribution in [2.24, 2.45) is 5.73 Å². The summed E-state index contributed by atoms with van der Waals surface area (Å²) in [5.41, 5.74) is 6.38. The predicted octanol–water partition coefficient (Wildman–Crippen LogP) is 1.16. The highest BCUT2D eigenvalue weighted by Crippen LogP contribution is 2.13. The van der Waals surface area contributed by atoms with E-state index < -0.39 is 5.91 Å². The summed E-state index contributed by atoms with van der Waals surface area (Å²) in [6.45, 7) is 1.64. The van der Waals surface area contributed by atoms with E-state index >= 15 is 0 Å². The number of amides is 2. The molecule has 0 spiro atoms. The third kappa shape index (κ3) is 3.85. The Labute approximate surface area is 121 Å². The normalized spacial score (nSPS) is 10.2. The second-order valence-electron chi connectivity index (χ2n) is 4.64. The molecular weight excluding hydrogens is 273 g/mol. The van der Waals surface area contributed by atoms with Crippen LogP contribution in [0.4, 0.5) is 10.1 Å². The largest absolute Gasteiger partial charge is 0.365 e. The molecule has 1 heterocycles. The summed E-state index contributed by atoms with van der Waals surface area (Å²) in [5.74, 6) is -1.27. The van der Waals surface area contributed by atoms with E-state index in [4.69, 9.17) is 5.73 Å². The van der Waals surface area contributed by atoms with E-state index in [0.717, 1.165) is 0 Å². The van der Waals surface area contributed by atoms with Crippen LogP contribution in [0.2, 0.25) is 0 Å². The standard InChI is InChI=1S/C15H14FN3O2/c1-10-4-5-12(7-13(10)16)18-14(20)9-19-6-2-3-11(8-19)15(17)21/h2-8H,9H2,1H3,(H2-,17,18,20,21)/p+1. The minimum Gasteiger partial charge on any atom is -0.365 e. The van der Waals surface area contributed by atoms with Crippen LogP contribution in [0.1, 0.15) is 15.9 Å². The molecule has 0 aliphatic rings. The van der Waals surface area contributed by atoms with E-state index in [1.807, 2.05) is 0 Å². The third-order valence-electron chi connectivity index (χ3n) is 2.92. The maximum atomic E-state index is 13.4. The van der Waals surface area contributed by atoms with Gasteiger partial charge in [0.1, 0.15) is 11.4 Å². The summed E-state index contributed by atoms with van der Waals surface area (Å²) in [5, 5.41) is 2.59. The van der Waals surface area contributed by atoms with Crippen LogP contribution in [0.5, 0.6) is 0 Å². The molecule has 2 amide bonds. The van der Waals surface area contributed by atoms with Gasteiger partial charge in [-0.2, -0.15) is 4.57 Å². The molecule has 0 saturated carbocycles. The smallest absolute Gasteiger partial charge is 0.290 e. The van der Waals surface area contributed by atoms with Crippen LogP contribution >= 0.6 is 0 Å². The van der Waals surface area contributed by atoms with E-state index in [1.54, 1.807) is 37.4 Å². The zero-order valence-corrected chi connectivity index (χ0v) is 11.5. The number of anilines is 1. The Morgan fingerprint density at radius 1 is 1.33 bits per heavy atom. The average Bonchev–Trinajstić information content (AvgIpc) is 2.43. The van der Waals surface area contributed by atoms with Gasteiger partial charge < -0.3 is 11.1 Å². The zero-order chi connectivity index (χ0) is 15.4. The first-order valence-corrected chi connectivity index (χ1v) is 6.30. The molecule has 0 aliphatic carbocycles. The number of hydrogen-bond donors (Lipinski definition) is 2. The third-order valence-corrected chi connectivity index (χ3v) is 2.92. The van der Waals surface area contributed by atoms with Crippen molar-refractivity contribution in [3.8, 4) is 0 Å². The van der Waals surface area contributed by atoms with E-state index in [0.29, 0.717) is 16.8 Å². The SMILES string of the molecule is Cc1ccc(NC(=O)C[n+]2cccc(C(N)=O)c2)cc1F. The number of hydrogen-bond acceptors (Lipinski definition) is 2. The van der Waals surface area contributed by atoms with Gasteiger partial charge in [0.25, 0.3) is 11.8 Å². The van der Waals surface area contributed by atoms with Crippen LogP contribution in [-0.4, -0.2) is 11.8 Å². The summed E-state index contributed by atoms with van der Waals surface area (Å²) in [4.78, 5) is 23.0. The Hall–Kier alpha value is -2.76. The van der Waals surface area contributed by atoms with E-state index in [2.05, 4.69) is 5.32 Å². The number of aromatic nitrogens is 1. The van der Waals surface area contributed by atoms with Gasteiger partial charge in [-0.25, -0.2) is 4.39 Å². The molecule has 0 bridgehead atoms. The minimum absolute atomic E-state index is 0.00336. The number of halogens is 1. The van der Waals surface area contributed by atoms with Crippen molar-refractivity contribution in [2.45, 2.75) is 13.5 Å². The summed E-state index contributed by atoms with van der Waals surface area (Å²) in [7, 11) is 0. The van der Waals surface area contributed by atoms with Gasteiger partial charge in [-0.1, -0.05) is 6.07 Å². The number of carbonyl (C=O) groups excluding carboxylic acids is 2. The van der Waals surface area contributed by atoms with Gasteiger partial charge >= 0.3 is 0 Å². The monoisotopic (exact) mass is 288 g/mol. The Morgan fingerprint density at radius 2 is 2.10 bits per heavy atom. The average molecular weight is 288 g/mol. The van der Waals surface area contributed by atoms with Gasteiger partial charge in [-0.05, 0) is 30.7 Å². The number of nitrogens with two attached hydrogens (primary N) is 1. The number of rotatable bonds is 4. The highest BCUT2D eigenvalue weighted by atomic mass is 19.1. The van der Waals surface area contributed by atoms with Crippen molar-refractivity contribution in [1.82, 2.24) is 0 Å². The van der Waals surface area contributed by atoms with E-state index in [-0.39, 0.29) is 18.3 Å². The van der Waals surface area contributed by atoms with Crippen LogP contribution < -0.4 is 15.6 Å². The topological polar surface area (TPSA) is 76.1 Å². The number of nitrogens with zero attached hydrogens (tertiary/aromatic N) is 1. The minimum atomic E-state index is -0.564. The first-order chi connectivity index (χ1) is 9.95. The molecule has 2 aromatic rings. The van der Waals surface area contributed by atoms with Crippen LogP contribution in [-0.2, 0) is 11.3 Å². The van der Waals surface area contributed by atoms with Gasteiger partial charge in [0.05, 0.1) is 0 Å². The molecule has 0 unspecified atom stereocenters. The lowest BCUT2D eigenvalue weighted by atomic mass is 10.2. The van der Waals surface area contributed by atoms with E-state index in [9.17, 15) is 14.0 Å². The first-order valence-electron chi connectivity index (χ1n) is 6.30. The molecule has 0 saturated heterocycles. The lowest BCUT2D eigenvalue weighted by molar-refractivity contribution is -0.684. The second-order valence-corrected chi connectivity index (χ2v) is 4.64. The van der Waals surface area contributed by atoms with Gasteiger partial charge in [0.2, 0.25) is 6.54 Å². The Balaban J connectivity index is 2.06. The quantitative estimate of drug-likeness (QED) is 0.828. The number of primary amides is 1. The Bertz CT molecular complexity index is 701. The van der Waals surface area contributed by atoms with Gasteiger partial charge in [-0.15, -0.1) is 0 Å². The zero-order valence-electron chi connectivity index (χ0n) is 11.5. The maximum absolute atomic E-state index is 13.4. The van der Waals surface area contributed by atoms with Crippen LogP contribution in [0.3, 0.4) is 0 Å². The lowest BCUT2D eigenvalue weighted by Crippen LogP contribution is -2.40. The van der Waals surface area contributed by atoms with Crippen molar-refractivity contribution in [1.29, 1.82) is 0 Å². The Morgan fingerprint density at radius 3 is 2.76 bits per heavy atom. The van der Waals surface area contributed by atoms with Gasteiger partial charge in [0.15, 0.2) is 12.4 Å². The van der Waals surface area contributed by atoms with Crippen LogP contribution in [0.15, 0.2) is 42.7 Å². The molecule has 0 aliphatic heterocycles. The van der Waals surface area contributed by atoms with Crippen molar-refractivity contribution in [3.05, 3.63) is 59.7 Å². The van der Waals surface area contributed by atoms with Gasteiger partial charge in [0, 0.05) is 11.8 Å². The fourth-order valence-corrected chi connectivity index (χ4v) is 1.80. The molecule has 0 radical (unpaired) electrons. The molecule has 0 fully saturated rings. The Kier molecular flexibility index (Phi) is 4.27. The summed E-state index contributed by atoms with van der Waals surface area (Å²) >= 11 is 0. The second kappa shape index (κ2) is 6.13. The predicted molar refractivity (Wildman–Crippen MR) is 74.9 cm³/mol. The molecule has 6 heteroatoms. The number of nitrogens with one attached hydrogen (secondary N) is 1. The van der Waals surface area contributed by atoms with Crippen LogP contribution in [0.25, 0.3) is 0 Å². The fourth-order valence-electron chi connectivity index (χ4n) is 1.80. The fraction of sp³-hybridized carbons (Fsp3) is 0.133. The lowest BCUT2D eigenvalue weighted by Gasteiger charge is -2.04. The molecule has 108 valence electrons. The number of pyridine rings is 1. The van der Waals surface area contributed by atoms with Crippen molar-refractivity contribution in [3.63, 3.8) is 0 Å². The molecule has 2 rings (SSSR count). The highest BCUT2D eigenvalue weighted by molar-refractivity contribution is 5.92. The number of benzene rings is 1. The van der Waals surface area contributed by atoms with Crippen molar-refractivity contribution in [2.75, 3.05) is 5.32 Å². The molecule has 0 atom stereocenters. The maximum Gasteiger partial charge on any atom is 0.290 e. The number of aryl methyl sites for hydroxylation is 1. The molecule has 3 N–H and O–H groups in total. The number of carbonyl (C=O) groups is 2. The van der Waals surface area contributed by atoms with Crippen molar-refractivity contribution < 1.29 is 18.5 Å². The highest BCUT2D eigenvalue weighted by Gasteiger charge is 2.12.